The van der Waals surface area contributed by atoms with Gasteiger partial charge in [-0.25, -0.2) is 0 Å². The summed E-state index contributed by atoms with van der Waals surface area (Å²) in [6.07, 6.45) is 1.31. The number of carbonyl (C=O) groups is 2. The minimum absolute atomic E-state index is 0.254. The fourth-order valence-electron chi connectivity index (χ4n) is 2.71. The van der Waals surface area contributed by atoms with Crippen molar-refractivity contribution in [3.63, 3.8) is 0 Å². The molecule has 0 aliphatic heterocycles. The zero-order valence-electron chi connectivity index (χ0n) is 14.8. The van der Waals surface area contributed by atoms with Gasteiger partial charge in [0.1, 0.15) is 5.69 Å². The van der Waals surface area contributed by atoms with Gasteiger partial charge in [-0.1, -0.05) is 30.3 Å². The standard InChI is InChI=1S/C19H24N4O2/c1-19(2,13-23(3)12-14-7-5-4-6-8-14)22-18(25)16-10-9-15(11-21-16)17(20)24/h4-11H,12-13H2,1-3H3,(H2,20,24)(H,22,25). The molecule has 1 heterocycles. The van der Waals surface area contributed by atoms with E-state index in [4.69, 9.17) is 5.73 Å². The quantitative estimate of drug-likeness (QED) is 0.805. The Morgan fingerprint density at radius 2 is 1.84 bits per heavy atom. The highest BCUT2D eigenvalue weighted by Crippen LogP contribution is 2.10. The molecular weight excluding hydrogens is 316 g/mol. The van der Waals surface area contributed by atoms with Crippen LogP contribution in [0.5, 0.6) is 0 Å². The lowest BCUT2D eigenvalue weighted by Crippen LogP contribution is -2.50. The number of hydrogen-bond donors (Lipinski definition) is 2. The second kappa shape index (κ2) is 7.90. The van der Waals surface area contributed by atoms with Gasteiger partial charge in [-0.05, 0) is 38.6 Å². The Morgan fingerprint density at radius 1 is 1.16 bits per heavy atom. The Hall–Kier alpha value is -2.73. The van der Waals surface area contributed by atoms with E-state index in [0.717, 1.165) is 6.54 Å². The molecule has 0 bridgehead atoms. The Kier molecular flexibility index (Phi) is 5.88. The molecule has 0 atom stereocenters. The van der Waals surface area contributed by atoms with Crippen LogP contribution in [-0.2, 0) is 6.54 Å². The number of pyridine rings is 1. The number of benzene rings is 1. The SMILES string of the molecule is CN(Cc1ccccc1)CC(C)(C)NC(=O)c1ccc(C(N)=O)cn1. The summed E-state index contributed by atoms with van der Waals surface area (Å²) in [6, 6.07) is 13.2. The number of carbonyl (C=O) groups excluding carboxylic acids is 2. The molecule has 2 aromatic rings. The van der Waals surface area contributed by atoms with Crippen molar-refractivity contribution in [2.45, 2.75) is 25.9 Å². The van der Waals surface area contributed by atoms with E-state index in [0.29, 0.717) is 6.54 Å². The van der Waals surface area contributed by atoms with Crippen molar-refractivity contribution < 1.29 is 9.59 Å². The number of amides is 2. The van der Waals surface area contributed by atoms with E-state index in [1.807, 2.05) is 39.1 Å². The summed E-state index contributed by atoms with van der Waals surface area (Å²) in [5.74, 6) is -0.851. The lowest BCUT2D eigenvalue weighted by molar-refractivity contribution is 0.0886. The number of primary amides is 1. The summed E-state index contributed by atoms with van der Waals surface area (Å²) in [5.41, 5.74) is 6.48. The Bertz CT molecular complexity index is 727. The second-order valence-corrected chi connectivity index (χ2v) is 6.79. The first-order valence-corrected chi connectivity index (χ1v) is 8.08. The zero-order valence-corrected chi connectivity index (χ0v) is 14.8. The maximum absolute atomic E-state index is 12.4. The lowest BCUT2D eigenvalue weighted by atomic mass is 10.0. The average molecular weight is 340 g/mol. The van der Waals surface area contributed by atoms with Crippen LogP contribution in [0.1, 0.15) is 40.3 Å². The summed E-state index contributed by atoms with van der Waals surface area (Å²) >= 11 is 0. The van der Waals surface area contributed by atoms with Crippen LogP contribution in [0.4, 0.5) is 0 Å². The molecule has 0 aliphatic rings. The van der Waals surface area contributed by atoms with Crippen LogP contribution in [0.3, 0.4) is 0 Å². The smallest absolute Gasteiger partial charge is 0.270 e. The van der Waals surface area contributed by atoms with Crippen LogP contribution < -0.4 is 11.1 Å². The van der Waals surface area contributed by atoms with Gasteiger partial charge < -0.3 is 11.1 Å². The summed E-state index contributed by atoms with van der Waals surface area (Å²) in [7, 11) is 2.01. The molecule has 0 aliphatic carbocycles. The van der Waals surface area contributed by atoms with Crippen LogP contribution in [0.2, 0.25) is 0 Å². The highest BCUT2D eigenvalue weighted by Gasteiger charge is 2.23. The molecule has 132 valence electrons. The Morgan fingerprint density at radius 3 is 2.40 bits per heavy atom. The maximum atomic E-state index is 12.4. The molecule has 25 heavy (non-hydrogen) atoms. The first kappa shape index (κ1) is 18.6. The summed E-state index contributed by atoms with van der Waals surface area (Å²) in [4.78, 5) is 29.6. The van der Waals surface area contributed by atoms with E-state index in [2.05, 4.69) is 27.3 Å². The fourth-order valence-corrected chi connectivity index (χ4v) is 2.71. The summed E-state index contributed by atoms with van der Waals surface area (Å²) in [5, 5.41) is 2.98. The predicted molar refractivity (Wildman–Crippen MR) is 97.1 cm³/mol. The number of nitrogens with two attached hydrogens (primary N) is 1. The Labute approximate surface area is 148 Å². The zero-order chi connectivity index (χ0) is 18.4. The normalized spacial score (nSPS) is 11.4. The third kappa shape index (κ3) is 5.69. The highest BCUT2D eigenvalue weighted by molar-refractivity contribution is 5.95. The van der Waals surface area contributed by atoms with Crippen molar-refractivity contribution in [1.29, 1.82) is 0 Å². The molecule has 0 radical (unpaired) electrons. The van der Waals surface area contributed by atoms with Crippen molar-refractivity contribution >= 4 is 11.8 Å². The molecule has 2 rings (SSSR count). The van der Waals surface area contributed by atoms with Crippen molar-refractivity contribution in [2.24, 2.45) is 5.73 Å². The van der Waals surface area contributed by atoms with Gasteiger partial charge in [-0.15, -0.1) is 0 Å². The van der Waals surface area contributed by atoms with Crippen LogP contribution in [0.15, 0.2) is 48.7 Å². The molecule has 0 fully saturated rings. The van der Waals surface area contributed by atoms with Crippen molar-refractivity contribution in [3.8, 4) is 0 Å². The summed E-state index contributed by atoms with van der Waals surface area (Å²) in [6.45, 7) is 5.40. The van der Waals surface area contributed by atoms with Gasteiger partial charge in [-0.2, -0.15) is 0 Å². The van der Waals surface area contributed by atoms with E-state index in [1.54, 1.807) is 0 Å². The highest BCUT2D eigenvalue weighted by atomic mass is 16.2. The van der Waals surface area contributed by atoms with Crippen molar-refractivity contribution in [1.82, 2.24) is 15.2 Å². The van der Waals surface area contributed by atoms with E-state index in [9.17, 15) is 9.59 Å². The minimum atomic E-state index is -0.567. The first-order chi connectivity index (χ1) is 11.8. The van der Waals surface area contributed by atoms with Gasteiger partial charge in [0.15, 0.2) is 0 Å². The van der Waals surface area contributed by atoms with Gasteiger partial charge in [-0.3, -0.25) is 19.5 Å². The number of hydrogen-bond acceptors (Lipinski definition) is 4. The number of rotatable bonds is 7. The minimum Gasteiger partial charge on any atom is -0.366 e. The molecule has 0 unspecified atom stereocenters. The molecule has 0 spiro atoms. The topological polar surface area (TPSA) is 88.3 Å². The second-order valence-electron chi connectivity index (χ2n) is 6.79. The molecule has 3 N–H and O–H groups in total. The fraction of sp³-hybridized carbons (Fsp3) is 0.316. The van der Waals surface area contributed by atoms with Crippen molar-refractivity contribution in [3.05, 3.63) is 65.5 Å². The van der Waals surface area contributed by atoms with Gasteiger partial charge in [0.25, 0.3) is 5.91 Å². The summed E-state index contributed by atoms with van der Waals surface area (Å²) < 4.78 is 0. The van der Waals surface area contributed by atoms with E-state index in [1.165, 1.54) is 23.9 Å². The van der Waals surface area contributed by atoms with Crippen LogP contribution in [-0.4, -0.2) is 40.8 Å². The van der Waals surface area contributed by atoms with Gasteiger partial charge >= 0.3 is 0 Å². The first-order valence-electron chi connectivity index (χ1n) is 8.08. The third-order valence-corrected chi connectivity index (χ3v) is 3.69. The van der Waals surface area contributed by atoms with Crippen LogP contribution >= 0.6 is 0 Å². The molecule has 1 aromatic heterocycles. The third-order valence-electron chi connectivity index (χ3n) is 3.69. The predicted octanol–water partition coefficient (Wildman–Crippen LogP) is 1.82. The molecular formula is C19H24N4O2. The molecule has 0 saturated carbocycles. The van der Waals surface area contributed by atoms with E-state index < -0.39 is 11.4 Å². The molecule has 0 saturated heterocycles. The van der Waals surface area contributed by atoms with E-state index in [-0.39, 0.29) is 17.2 Å². The largest absolute Gasteiger partial charge is 0.366 e. The van der Waals surface area contributed by atoms with Gasteiger partial charge in [0.2, 0.25) is 5.91 Å². The van der Waals surface area contributed by atoms with Crippen molar-refractivity contribution in [2.75, 3.05) is 13.6 Å². The van der Waals surface area contributed by atoms with Gasteiger partial charge in [0, 0.05) is 24.8 Å². The number of aromatic nitrogens is 1. The Balaban J connectivity index is 1.94. The van der Waals surface area contributed by atoms with Gasteiger partial charge in [0.05, 0.1) is 5.56 Å². The molecule has 6 heteroatoms. The average Bonchev–Trinajstić information content (AvgIpc) is 2.54. The maximum Gasteiger partial charge on any atom is 0.270 e. The van der Waals surface area contributed by atoms with Crippen LogP contribution in [0.25, 0.3) is 0 Å². The molecule has 2 amide bonds. The number of nitrogens with one attached hydrogen (secondary N) is 1. The van der Waals surface area contributed by atoms with E-state index >= 15 is 0 Å². The number of nitrogens with zero attached hydrogens (tertiary/aromatic N) is 2. The number of likely N-dealkylation sites (N-methyl/N-ethyl adjacent to an activating group) is 1. The molecule has 6 nitrogen and oxygen atoms in total. The monoisotopic (exact) mass is 340 g/mol. The van der Waals surface area contributed by atoms with Crippen LogP contribution in [0, 0.1) is 0 Å². The molecule has 1 aromatic carbocycles. The lowest BCUT2D eigenvalue weighted by Gasteiger charge is -2.31.